The molecule has 0 saturated carbocycles. The molecule has 4 heteroatoms. The number of aliphatic hydroxyl groups is 1. The first kappa shape index (κ1) is 17.3. The second kappa shape index (κ2) is 8.55. The van der Waals surface area contributed by atoms with Gasteiger partial charge in [0.05, 0.1) is 13.7 Å². The molecule has 0 aliphatic rings. The van der Waals surface area contributed by atoms with Crippen molar-refractivity contribution >= 4 is 11.8 Å². The van der Waals surface area contributed by atoms with Crippen LogP contribution in [0, 0.1) is 0 Å². The van der Waals surface area contributed by atoms with Gasteiger partial charge in [-0.2, -0.15) is 0 Å². The topological polar surface area (TPSA) is 41.5 Å². The third-order valence-electron chi connectivity index (χ3n) is 3.27. The van der Waals surface area contributed by atoms with Gasteiger partial charge in [-0.15, -0.1) is 11.8 Å². The van der Waals surface area contributed by atoms with Crippen LogP contribution in [0.2, 0.25) is 0 Å². The minimum Gasteiger partial charge on any atom is -0.497 e. The van der Waals surface area contributed by atoms with Crippen LogP contribution in [0.5, 0.6) is 5.75 Å². The molecule has 20 heavy (non-hydrogen) atoms. The van der Waals surface area contributed by atoms with Crippen molar-refractivity contribution in [3.63, 3.8) is 0 Å². The van der Waals surface area contributed by atoms with Crippen molar-refractivity contribution < 1.29 is 9.84 Å². The van der Waals surface area contributed by atoms with Gasteiger partial charge in [0.1, 0.15) is 5.75 Å². The van der Waals surface area contributed by atoms with Gasteiger partial charge in [-0.05, 0) is 44.5 Å². The van der Waals surface area contributed by atoms with Crippen LogP contribution in [0.15, 0.2) is 29.2 Å². The number of methoxy groups -OCH3 is 1. The zero-order chi connectivity index (χ0) is 15.0. The molecule has 0 aliphatic heterocycles. The minimum atomic E-state index is -0.207. The Bertz CT molecular complexity index is 400. The zero-order valence-electron chi connectivity index (χ0n) is 13.0. The number of nitrogens with one attached hydrogen (secondary N) is 1. The number of benzene rings is 1. The van der Waals surface area contributed by atoms with Crippen molar-refractivity contribution in [3.8, 4) is 5.75 Å². The van der Waals surface area contributed by atoms with Crippen LogP contribution in [-0.2, 0) is 0 Å². The molecule has 0 bridgehead atoms. The summed E-state index contributed by atoms with van der Waals surface area (Å²) in [5.74, 6) is 0.885. The third-order valence-corrected chi connectivity index (χ3v) is 4.36. The molecule has 114 valence electrons. The first-order valence-electron chi connectivity index (χ1n) is 7.19. The molecule has 3 nitrogen and oxygen atoms in total. The molecule has 0 aromatic heterocycles. The monoisotopic (exact) mass is 297 g/mol. The van der Waals surface area contributed by atoms with Crippen LogP contribution in [0.4, 0.5) is 0 Å². The van der Waals surface area contributed by atoms with E-state index in [2.05, 4.69) is 38.2 Å². The van der Waals surface area contributed by atoms with Gasteiger partial charge < -0.3 is 15.2 Å². The van der Waals surface area contributed by atoms with E-state index >= 15 is 0 Å². The lowest BCUT2D eigenvalue weighted by Gasteiger charge is -2.31. The van der Waals surface area contributed by atoms with Gasteiger partial charge in [0.15, 0.2) is 0 Å². The average molecular weight is 297 g/mol. The van der Waals surface area contributed by atoms with Gasteiger partial charge in [-0.1, -0.05) is 19.9 Å². The summed E-state index contributed by atoms with van der Waals surface area (Å²) in [5, 5.41) is 13.5. The standard InChI is InChI=1S/C16H27NO2S/c1-5-9-17-16(3,12-18)11-13(2)20-15-8-6-7-14(10-15)19-4/h6-8,10,13,17-18H,5,9,11-12H2,1-4H3. The van der Waals surface area contributed by atoms with Crippen molar-refractivity contribution in [2.75, 3.05) is 20.3 Å². The SMILES string of the molecule is CCCNC(C)(CO)CC(C)Sc1cccc(OC)c1. The summed E-state index contributed by atoms with van der Waals surface area (Å²) in [7, 11) is 1.69. The lowest BCUT2D eigenvalue weighted by Crippen LogP contribution is -2.47. The molecule has 0 spiro atoms. The van der Waals surface area contributed by atoms with Gasteiger partial charge >= 0.3 is 0 Å². The zero-order valence-corrected chi connectivity index (χ0v) is 13.8. The van der Waals surface area contributed by atoms with Crippen molar-refractivity contribution in [2.24, 2.45) is 0 Å². The second-order valence-corrected chi connectivity index (χ2v) is 6.97. The maximum Gasteiger partial charge on any atom is 0.119 e. The number of ether oxygens (including phenoxy) is 1. The summed E-state index contributed by atoms with van der Waals surface area (Å²) in [6.45, 7) is 7.53. The smallest absolute Gasteiger partial charge is 0.119 e. The van der Waals surface area contributed by atoms with E-state index in [9.17, 15) is 5.11 Å². The summed E-state index contributed by atoms with van der Waals surface area (Å²) in [4.78, 5) is 1.20. The predicted molar refractivity (Wildman–Crippen MR) is 86.7 cm³/mol. The van der Waals surface area contributed by atoms with Crippen LogP contribution in [-0.4, -0.2) is 36.2 Å². The van der Waals surface area contributed by atoms with E-state index in [1.807, 2.05) is 23.9 Å². The lowest BCUT2D eigenvalue weighted by molar-refractivity contribution is 0.166. The van der Waals surface area contributed by atoms with E-state index < -0.39 is 0 Å². The molecule has 1 aromatic carbocycles. The molecule has 0 saturated heterocycles. The molecular weight excluding hydrogens is 270 g/mol. The third kappa shape index (κ3) is 5.73. The summed E-state index contributed by atoms with van der Waals surface area (Å²) in [6, 6.07) is 8.11. The molecular formula is C16H27NO2S. The summed E-state index contributed by atoms with van der Waals surface area (Å²) in [5.41, 5.74) is -0.207. The molecule has 2 N–H and O–H groups in total. The van der Waals surface area contributed by atoms with Crippen LogP contribution >= 0.6 is 11.8 Å². The van der Waals surface area contributed by atoms with Gasteiger partial charge in [0, 0.05) is 15.7 Å². The number of thioether (sulfide) groups is 1. The maximum atomic E-state index is 9.62. The molecule has 0 fully saturated rings. The van der Waals surface area contributed by atoms with E-state index in [0.29, 0.717) is 5.25 Å². The molecule has 2 unspecified atom stereocenters. The summed E-state index contributed by atoms with van der Waals surface area (Å²) < 4.78 is 5.25. The minimum absolute atomic E-state index is 0.163. The highest BCUT2D eigenvalue weighted by molar-refractivity contribution is 7.99. The van der Waals surface area contributed by atoms with E-state index in [-0.39, 0.29) is 12.1 Å². The van der Waals surface area contributed by atoms with E-state index in [4.69, 9.17) is 4.74 Å². The maximum absolute atomic E-state index is 9.62. The molecule has 1 aromatic rings. The van der Waals surface area contributed by atoms with Gasteiger partial charge in [0.2, 0.25) is 0 Å². The van der Waals surface area contributed by atoms with Crippen molar-refractivity contribution in [1.29, 1.82) is 0 Å². The van der Waals surface area contributed by atoms with Gasteiger partial charge in [-0.25, -0.2) is 0 Å². The molecule has 2 atom stereocenters. The fourth-order valence-electron chi connectivity index (χ4n) is 2.20. The molecule has 1 rings (SSSR count). The Morgan fingerprint density at radius 2 is 2.20 bits per heavy atom. The number of hydrogen-bond acceptors (Lipinski definition) is 4. The Morgan fingerprint density at radius 3 is 2.80 bits per heavy atom. The Labute approximate surface area is 127 Å². The van der Waals surface area contributed by atoms with Crippen molar-refractivity contribution in [2.45, 2.75) is 49.3 Å². The second-order valence-electron chi connectivity index (χ2n) is 5.46. The van der Waals surface area contributed by atoms with Crippen molar-refractivity contribution in [1.82, 2.24) is 5.32 Å². The fourth-order valence-corrected chi connectivity index (χ4v) is 3.46. The Morgan fingerprint density at radius 1 is 1.45 bits per heavy atom. The lowest BCUT2D eigenvalue weighted by atomic mass is 9.97. The van der Waals surface area contributed by atoms with Crippen LogP contribution < -0.4 is 10.1 Å². The summed E-state index contributed by atoms with van der Waals surface area (Å²) in [6.07, 6.45) is 2.00. The highest BCUT2D eigenvalue weighted by atomic mass is 32.2. The van der Waals surface area contributed by atoms with Crippen LogP contribution in [0.1, 0.15) is 33.6 Å². The first-order chi connectivity index (χ1) is 9.53. The van der Waals surface area contributed by atoms with Crippen LogP contribution in [0.3, 0.4) is 0 Å². The Balaban J connectivity index is 2.58. The van der Waals surface area contributed by atoms with E-state index in [1.54, 1.807) is 7.11 Å². The molecule has 0 radical (unpaired) electrons. The fraction of sp³-hybridized carbons (Fsp3) is 0.625. The number of aliphatic hydroxyl groups excluding tert-OH is 1. The molecule has 0 heterocycles. The quantitative estimate of drug-likeness (QED) is 0.686. The molecule has 0 aliphatic carbocycles. The first-order valence-corrected chi connectivity index (χ1v) is 8.07. The van der Waals surface area contributed by atoms with Crippen LogP contribution in [0.25, 0.3) is 0 Å². The van der Waals surface area contributed by atoms with Gasteiger partial charge in [-0.3, -0.25) is 0 Å². The summed E-state index contributed by atoms with van der Waals surface area (Å²) >= 11 is 1.82. The number of hydrogen-bond donors (Lipinski definition) is 2. The largest absolute Gasteiger partial charge is 0.497 e. The highest BCUT2D eigenvalue weighted by Gasteiger charge is 2.25. The Kier molecular flexibility index (Phi) is 7.41. The van der Waals surface area contributed by atoms with Crippen molar-refractivity contribution in [3.05, 3.63) is 24.3 Å². The average Bonchev–Trinajstić information content (AvgIpc) is 2.45. The number of rotatable bonds is 9. The van der Waals surface area contributed by atoms with E-state index in [0.717, 1.165) is 25.1 Å². The van der Waals surface area contributed by atoms with E-state index in [1.165, 1.54) is 4.90 Å². The Hall–Kier alpha value is -0.710. The normalized spacial score (nSPS) is 15.7. The van der Waals surface area contributed by atoms with Gasteiger partial charge in [0.25, 0.3) is 0 Å². The highest BCUT2D eigenvalue weighted by Crippen LogP contribution is 2.30. The predicted octanol–water partition coefficient (Wildman–Crippen LogP) is 3.32. The molecule has 0 amide bonds.